The molecule has 2 N–H and O–H groups in total. The molecule has 92 valence electrons. The number of hydrogen-bond acceptors (Lipinski definition) is 4. The second kappa shape index (κ2) is 4.84. The van der Waals surface area contributed by atoms with Crippen LogP contribution in [0.15, 0.2) is 0 Å². The van der Waals surface area contributed by atoms with Crippen molar-refractivity contribution in [2.24, 2.45) is 11.7 Å². The van der Waals surface area contributed by atoms with Crippen LogP contribution in [0.4, 0.5) is 0 Å². The van der Waals surface area contributed by atoms with Crippen LogP contribution in [-0.2, 0) is 9.59 Å². The van der Waals surface area contributed by atoms with E-state index in [0.29, 0.717) is 0 Å². The van der Waals surface area contributed by atoms with Gasteiger partial charge in [-0.25, -0.2) is 0 Å². The van der Waals surface area contributed by atoms with E-state index in [9.17, 15) is 9.59 Å². The molecule has 1 aliphatic carbocycles. The van der Waals surface area contributed by atoms with Crippen LogP contribution in [0, 0.1) is 17.2 Å². The SMILES string of the molecule is N#CC1CC(=O)N1C(=O)[C@@H](N)C1CCCCC1. The van der Waals surface area contributed by atoms with Gasteiger partial charge in [-0.05, 0) is 18.8 Å². The number of amides is 2. The molecule has 2 amide bonds. The molecule has 1 unspecified atom stereocenters. The number of nitrogens with zero attached hydrogens (tertiary/aromatic N) is 2. The average molecular weight is 235 g/mol. The van der Waals surface area contributed by atoms with Gasteiger partial charge >= 0.3 is 0 Å². The minimum atomic E-state index is -0.615. The fourth-order valence-electron chi connectivity index (χ4n) is 2.65. The van der Waals surface area contributed by atoms with Crippen molar-refractivity contribution in [3.05, 3.63) is 0 Å². The summed E-state index contributed by atoms with van der Waals surface area (Å²) in [4.78, 5) is 24.4. The van der Waals surface area contributed by atoms with E-state index in [1.165, 1.54) is 6.42 Å². The Balaban J connectivity index is 1.99. The second-order valence-corrected chi connectivity index (χ2v) is 4.87. The number of hydrogen-bond donors (Lipinski definition) is 1. The summed E-state index contributed by atoms with van der Waals surface area (Å²) in [7, 11) is 0. The molecule has 1 saturated heterocycles. The Morgan fingerprint density at radius 1 is 1.41 bits per heavy atom. The molecule has 1 heterocycles. The molecular weight excluding hydrogens is 218 g/mol. The van der Waals surface area contributed by atoms with E-state index in [2.05, 4.69) is 0 Å². The molecule has 0 aromatic carbocycles. The minimum absolute atomic E-state index is 0.152. The molecule has 0 radical (unpaired) electrons. The van der Waals surface area contributed by atoms with Crippen molar-refractivity contribution in [1.29, 1.82) is 5.26 Å². The number of rotatable bonds is 2. The summed E-state index contributed by atoms with van der Waals surface area (Å²) in [5.74, 6) is -0.462. The van der Waals surface area contributed by atoms with Crippen molar-refractivity contribution in [1.82, 2.24) is 4.90 Å². The molecule has 17 heavy (non-hydrogen) atoms. The summed E-state index contributed by atoms with van der Waals surface area (Å²) in [5.41, 5.74) is 5.93. The van der Waals surface area contributed by atoms with Gasteiger partial charge in [0.25, 0.3) is 0 Å². The molecular formula is C12H17N3O2. The van der Waals surface area contributed by atoms with Crippen LogP contribution in [0.3, 0.4) is 0 Å². The van der Waals surface area contributed by atoms with Gasteiger partial charge in [0.15, 0.2) is 0 Å². The van der Waals surface area contributed by atoms with Crippen molar-refractivity contribution >= 4 is 11.8 Å². The van der Waals surface area contributed by atoms with Crippen molar-refractivity contribution in [3.8, 4) is 6.07 Å². The molecule has 0 aromatic heterocycles. The first kappa shape index (κ1) is 12.1. The van der Waals surface area contributed by atoms with Crippen LogP contribution in [-0.4, -0.2) is 28.8 Å². The van der Waals surface area contributed by atoms with Crippen molar-refractivity contribution in [2.75, 3.05) is 0 Å². The fourth-order valence-corrected chi connectivity index (χ4v) is 2.65. The number of nitriles is 1. The summed E-state index contributed by atoms with van der Waals surface area (Å²) in [5, 5.41) is 8.78. The predicted octanol–water partition coefficient (Wildman–Crippen LogP) is 0.545. The van der Waals surface area contributed by atoms with E-state index >= 15 is 0 Å². The van der Waals surface area contributed by atoms with Crippen LogP contribution in [0.2, 0.25) is 0 Å². The lowest BCUT2D eigenvalue weighted by Gasteiger charge is -2.37. The molecule has 2 atom stereocenters. The summed E-state index contributed by atoms with van der Waals surface area (Å²) in [6.45, 7) is 0. The third-order valence-electron chi connectivity index (χ3n) is 3.78. The number of β-lactam (4-membered cyclic amide) rings is 1. The molecule has 2 fully saturated rings. The highest BCUT2D eigenvalue weighted by atomic mass is 16.2. The maximum Gasteiger partial charge on any atom is 0.247 e. The summed E-state index contributed by atoms with van der Waals surface area (Å²) in [6.07, 6.45) is 5.45. The molecule has 0 bridgehead atoms. The van der Waals surface area contributed by atoms with Crippen LogP contribution in [0.1, 0.15) is 38.5 Å². The quantitative estimate of drug-likeness (QED) is 0.708. The number of carbonyl (C=O) groups excluding carboxylic acids is 2. The monoisotopic (exact) mass is 235 g/mol. The predicted molar refractivity (Wildman–Crippen MR) is 60.4 cm³/mol. The van der Waals surface area contributed by atoms with Gasteiger partial charge in [-0.3, -0.25) is 14.5 Å². The van der Waals surface area contributed by atoms with Gasteiger partial charge in [-0.1, -0.05) is 19.3 Å². The van der Waals surface area contributed by atoms with Gasteiger partial charge < -0.3 is 5.73 Å². The number of nitrogens with two attached hydrogens (primary N) is 1. The van der Waals surface area contributed by atoms with E-state index in [1.807, 2.05) is 6.07 Å². The molecule has 5 nitrogen and oxygen atoms in total. The van der Waals surface area contributed by atoms with E-state index in [4.69, 9.17) is 11.0 Å². The van der Waals surface area contributed by atoms with Gasteiger partial charge in [0, 0.05) is 0 Å². The van der Waals surface area contributed by atoms with Gasteiger partial charge in [0.05, 0.1) is 18.5 Å². The fraction of sp³-hybridized carbons (Fsp3) is 0.750. The lowest BCUT2D eigenvalue weighted by Crippen LogP contribution is -2.60. The van der Waals surface area contributed by atoms with Gasteiger partial charge in [0.2, 0.25) is 11.8 Å². The molecule has 2 rings (SSSR count). The lowest BCUT2D eigenvalue weighted by atomic mass is 9.83. The highest BCUT2D eigenvalue weighted by Crippen LogP contribution is 2.28. The molecule has 5 heteroatoms. The Morgan fingerprint density at radius 3 is 2.59 bits per heavy atom. The zero-order valence-electron chi connectivity index (χ0n) is 9.76. The minimum Gasteiger partial charge on any atom is -0.320 e. The van der Waals surface area contributed by atoms with Crippen LogP contribution < -0.4 is 5.73 Å². The summed E-state index contributed by atoms with van der Waals surface area (Å²) >= 11 is 0. The Bertz CT molecular complexity index is 368. The highest BCUT2D eigenvalue weighted by Gasteiger charge is 2.44. The summed E-state index contributed by atoms with van der Waals surface area (Å²) in [6, 6.07) is 0.741. The van der Waals surface area contributed by atoms with E-state index in [0.717, 1.165) is 30.6 Å². The van der Waals surface area contributed by atoms with Crippen molar-refractivity contribution < 1.29 is 9.59 Å². The summed E-state index contributed by atoms with van der Waals surface area (Å²) < 4.78 is 0. The number of likely N-dealkylation sites (tertiary alicyclic amines) is 1. The third kappa shape index (κ3) is 2.18. The maximum atomic E-state index is 12.0. The Kier molecular flexibility index (Phi) is 3.43. The van der Waals surface area contributed by atoms with Crippen molar-refractivity contribution in [2.45, 2.75) is 50.6 Å². The van der Waals surface area contributed by atoms with Gasteiger partial charge in [-0.2, -0.15) is 5.26 Å². The first-order valence-corrected chi connectivity index (χ1v) is 6.16. The normalized spacial score (nSPS) is 27.2. The smallest absolute Gasteiger partial charge is 0.247 e. The zero-order chi connectivity index (χ0) is 12.4. The second-order valence-electron chi connectivity index (χ2n) is 4.87. The molecule has 2 aliphatic rings. The molecule has 1 aliphatic heterocycles. The zero-order valence-corrected chi connectivity index (χ0v) is 9.76. The molecule has 0 aromatic rings. The third-order valence-corrected chi connectivity index (χ3v) is 3.78. The maximum absolute atomic E-state index is 12.0. The first-order chi connectivity index (χ1) is 8.15. The Hall–Kier alpha value is -1.41. The highest BCUT2D eigenvalue weighted by molar-refractivity contribution is 6.03. The van der Waals surface area contributed by atoms with Gasteiger partial charge in [0.1, 0.15) is 6.04 Å². The standard InChI is InChI=1S/C12H17N3O2/c13-7-9-6-10(16)15(9)12(17)11(14)8-4-2-1-3-5-8/h8-9,11H,1-6,14H2/t9?,11-/m0/s1. The average Bonchev–Trinajstić information content (AvgIpc) is 2.35. The Labute approximate surface area is 101 Å². The van der Waals surface area contributed by atoms with Crippen LogP contribution >= 0.6 is 0 Å². The van der Waals surface area contributed by atoms with Crippen LogP contribution in [0.5, 0.6) is 0 Å². The van der Waals surface area contributed by atoms with Crippen molar-refractivity contribution in [3.63, 3.8) is 0 Å². The largest absolute Gasteiger partial charge is 0.320 e. The number of imide groups is 1. The topological polar surface area (TPSA) is 87.2 Å². The van der Waals surface area contributed by atoms with E-state index in [1.54, 1.807) is 0 Å². The van der Waals surface area contributed by atoms with E-state index < -0.39 is 12.1 Å². The lowest BCUT2D eigenvalue weighted by molar-refractivity contribution is -0.157. The molecule has 0 spiro atoms. The number of carbonyl (C=O) groups is 2. The first-order valence-electron chi connectivity index (χ1n) is 6.16. The van der Waals surface area contributed by atoms with E-state index in [-0.39, 0.29) is 24.2 Å². The van der Waals surface area contributed by atoms with Gasteiger partial charge in [-0.15, -0.1) is 0 Å². The Morgan fingerprint density at radius 2 is 2.06 bits per heavy atom. The molecule has 1 saturated carbocycles. The van der Waals surface area contributed by atoms with Crippen LogP contribution in [0.25, 0.3) is 0 Å².